The zero-order valence-electron chi connectivity index (χ0n) is 10.5. The maximum absolute atomic E-state index is 12.1. The number of nitrogens with zero attached hydrogens (tertiary/aromatic N) is 2. The van der Waals surface area contributed by atoms with E-state index in [1.807, 2.05) is 0 Å². The van der Waals surface area contributed by atoms with Gasteiger partial charge in [-0.25, -0.2) is 0 Å². The smallest absolute Gasteiger partial charge is 0.320 e. The van der Waals surface area contributed by atoms with Crippen LogP contribution in [-0.2, 0) is 14.3 Å². The van der Waals surface area contributed by atoms with Crippen molar-refractivity contribution in [3.8, 4) is 0 Å². The van der Waals surface area contributed by atoms with Gasteiger partial charge in [-0.2, -0.15) is 0 Å². The van der Waals surface area contributed by atoms with Gasteiger partial charge in [-0.05, 0) is 20.9 Å². The van der Waals surface area contributed by atoms with E-state index in [-0.39, 0.29) is 5.91 Å². The Labute approximate surface area is 101 Å². The molecular weight excluding hydrogens is 224 g/mol. The first-order valence-electron chi connectivity index (χ1n) is 5.76. The molecule has 1 heterocycles. The van der Waals surface area contributed by atoms with Crippen molar-refractivity contribution < 1.29 is 19.4 Å². The molecular formula is C11H20N2O4. The van der Waals surface area contributed by atoms with Crippen LogP contribution < -0.4 is 0 Å². The Morgan fingerprint density at radius 2 is 1.76 bits per heavy atom. The predicted octanol–water partition coefficient (Wildman–Crippen LogP) is -0.361. The molecule has 0 aliphatic carbocycles. The van der Waals surface area contributed by atoms with Crippen molar-refractivity contribution in [2.75, 3.05) is 33.4 Å². The third-order valence-corrected chi connectivity index (χ3v) is 3.26. The van der Waals surface area contributed by atoms with E-state index >= 15 is 0 Å². The van der Waals surface area contributed by atoms with Crippen molar-refractivity contribution in [2.45, 2.75) is 25.9 Å². The fourth-order valence-corrected chi connectivity index (χ4v) is 1.73. The van der Waals surface area contributed by atoms with E-state index in [1.54, 1.807) is 30.7 Å². The minimum absolute atomic E-state index is 0.0381. The van der Waals surface area contributed by atoms with Gasteiger partial charge in [0.05, 0.1) is 19.3 Å². The molecule has 0 aromatic heterocycles. The Morgan fingerprint density at radius 1 is 1.24 bits per heavy atom. The van der Waals surface area contributed by atoms with Crippen LogP contribution in [-0.4, -0.2) is 72.2 Å². The molecule has 6 nitrogen and oxygen atoms in total. The summed E-state index contributed by atoms with van der Waals surface area (Å²) in [4.78, 5) is 26.3. The van der Waals surface area contributed by atoms with Crippen molar-refractivity contribution >= 4 is 11.9 Å². The Balaban J connectivity index is 2.58. The second-order valence-corrected chi connectivity index (χ2v) is 4.29. The molecule has 1 fully saturated rings. The van der Waals surface area contributed by atoms with Crippen molar-refractivity contribution in [3.63, 3.8) is 0 Å². The lowest BCUT2D eigenvalue weighted by Crippen LogP contribution is -2.52. The van der Waals surface area contributed by atoms with Crippen LogP contribution in [0, 0.1) is 0 Å². The molecule has 0 bridgehead atoms. The number of carbonyl (C=O) groups is 2. The fraction of sp³-hybridized carbons (Fsp3) is 0.818. The summed E-state index contributed by atoms with van der Waals surface area (Å²) < 4.78 is 5.17. The van der Waals surface area contributed by atoms with Crippen LogP contribution in [0.25, 0.3) is 0 Å². The Kier molecular flexibility index (Phi) is 4.89. The van der Waals surface area contributed by atoms with Gasteiger partial charge in [0.2, 0.25) is 5.91 Å². The molecule has 17 heavy (non-hydrogen) atoms. The number of likely N-dealkylation sites (N-methyl/N-ethyl adjacent to an activating group) is 1. The zero-order chi connectivity index (χ0) is 13.0. The third kappa shape index (κ3) is 3.41. The number of aliphatic carboxylic acids is 1. The minimum Gasteiger partial charge on any atom is -0.480 e. The Hall–Kier alpha value is -1.14. The van der Waals surface area contributed by atoms with Crippen molar-refractivity contribution in [1.29, 1.82) is 0 Å². The van der Waals surface area contributed by atoms with Crippen LogP contribution in [0.2, 0.25) is 0 Å². The number of carboxylic acids is 1. The van der Waals surface area contributed by atoms with Crippen molar-refractivity contribution in [3.05, 3.63) is 0 Å². The highest BCUT2D eigenvalue weighted by atomic mass is 16.5. The molecule has 0 radical (unpaired) electrons. The molecule has 2 unspecified atom stereocenters. The normalized spacial score (nSPS) is 20.1. The van der Waals surface area contributed by atoms with E-state index in [9.17, 15) is 9.59 Å². The highest BCUT2D eigenvalue weighted by molar-refractivity contribution is 5.82. The Bertz CT molecular complexity index is 289. The van der Waals surface area contributed by atoms with Gasteiger partial charge in [-0.15, -0.1) is 0 Å². The van der Waals surface area contributed by atoms with E-state index < -0.39 is 18.1 Å². The number of amides is 1. The van der Waals surface area contributed by atoms with Crippen LogP contribution in [0.3, 0.4) is 0 Å². The second kappa shape index (κ2) is 5.97. The highest BCUT2D eigenvalue weighted by Crippen LogP contribution is 2.08. The van der Waals surface area contributed by atoms with E-state index in [1.165, 1.54) is 0 Å². The number of morpholine rings is 1. The largest absolute Gasteiger partial charge is 0.480 e. The summed E-state index contributed by atoms with van der Waals surface area (Å²) in [5.41, 5.74) is 0. The highest BCUT2D eigenvalue weighted by Gasteiger charge is 2.29. The number of hydrogen-bond donors (Lipinski definition) is 1. The molecule has 1 aliphatic rings. The van der Waals surface area contributed by atoms with Gasteiger partial charge < -0.3 is 14.7 Å². The first-order valence-corrected chi connectivity index (χ1v) is 5.76. The van der Waals surface area contributed by atoms with Gasteiger partial charge in [0.1, 0.15) is 6.04 Å². The molecule has 1 amide bonds. The van der Waals surface area contributed by atoms with Gasteiger partial charge >= 0.3 is 5.97 Å². The van der Waals surface area contributed by atoms with Crippen LogP contribution in [0.15, 0.2) is 0 Å². The maximum atomic E-state index is 12.1. The van der Waals surface area contributed by atoms with Crippen LogP contribution in [0.5, 0.6) is 0 Å². The van der Waals surface area contributed by atoms with Gasteiger partial charge in [-0.1, -0.05) is 0 Å². The average molecular weight is 244 g/mol. The number of rotatable bonds is 4. The topological polar surface area (TPSA) is 70.1 Å². The number of carbonyl (C=O) groups excluding carboxylic acids is 1. The third-order valence-electron chi connectivity index (χ3n) is 3.26. The quantitative estimate of drug-likeness (QED) is 0.731. The first-order chi connectivity index (χ1) is 7.95. The van der Waals surface area contributed by atoms with E-state index in [0.717, 1.165) is 0 Å². The van der Waals surface area contributed by atoms with E-state index in [2.05, 4.69) is 0 Å². The molecule has 1 rings (SSSR count). The monoisotopic (exact) mass is 244 g/mol. The summed E-state index contributed by atoms with van der Waals surface area (Å²) in [5.74, 6) is -0.960. The van der Waals surface area contributed by atoms with E-state index in [4.69, 9.17) is 9.84 Å². The summed E-state index contributed by atoms with van der Waals surface area (Å²) in [6, 6.07) is -1.10. The van der Waals surface area contributed by atoms with Crippen LogP contribution >= 0.6 is 0 Å². The molecule has 1 aliphatic heterocycles. The standard InChI is InChI=1S/C11H20N2O4/c1-8(12(3)9(2)11(15)16)10(14)13-4-6-17-7-5-13/h8-9H,4-7H2,1-3H3,(H,15,16). The summed E-state index contributed by atoms with van der Waals surface area (Å²) in [7, 11) is 1.65. The molecule has 2 atom stereocenters. The van der Waals surface area contributed by atoms with Crippen LogP contribution in [0.1, 0.15) is 13.8 Å². The van der Waals surface area contributed by atoms with E-state index in [0.29, 0.717) is 26.3 Å². The van der Waals surface area contributed by atoms with Crippen molar-refractivity contribution in [2.24, 2.45) is 0 Å². The molecule has 0 saturated carbocycles. The second-order valence-electron chi connectivity index (χ2n) is 4.29. The lowest BCUT2D eigenvalue weighted by Gasteiger charge is -2.34. The molecule has 1 saturated heterocycles. The lowest BCUT2D eigenvalue weighted by molar-refractivity contribution is -0.147. The molecule has 0 aromatic carbocycles. The zero-order valence-corrected chi connectivity index (χ0v) is 10.5. The Morgan fingerprint density at radius 3 is 2.24 bits per heavy atom. The molecule has 98 valence electrons. The molecule has 0 aromatic rings. The maximum Gasteiger partial charge on any atom is 0.320 e. The van der Waals surface area contributed by atoms with Gasteiger partial charge in [0.15, 0.2) is 0 Å². The minimum atomic E-state index is -0.922. The van der Waals surface area contributed by atoms with Crippen molar-refractivity contribution in [1.82, 2.24) is 9.80 Å². The molecule has 1 N–H and O–H groups in total. The summed E-state index contributed by atoms with van der Waals surface area (Å²) in [6.07, 6.45) is 0. The number of carboxylic acid groups (broad SMARTS) is 1. The lowest BCUT2D eigenvalue weighted by atomic mass is 10.2. The molecule has 6 heteroatoms. The predicted molar refractivity (Wildman–Crippen MR) is 61.7 cm³/mol. The number of ether oxygens (including phenoxy) is 1. The van der Waals surface area contributed by atoms with Gasteiger partial charge in [0.25, 0.3) is 0 Å². The van der Waals surface area contributed by atoms with Gasteiger partial charge in [-0.3, -0.25) is 14.5 Å². The van der Waals surface area contributed by atoms with Crippen LogP contribution in [0.4, 0.5) is 0 Å². The van der Waals surface area contributed by atoms with Gasteiger partial charge in [0, 0.05) is 13.1 Å². The summed E-state index contributed by atoms with van der Waals surface area (Å²) in [5, 5.41) is 8.91. The summed E-state index contributed by atoms with van der Waals surface area (Å²) >= 11 is 0. The number of hydrogen-bond acceptors (Lipinski definition) is 4. The first kappa shape index (κ1) is 13.9. The molecule has 0 spiro atoms. The SMILES string of the molecule is CC(C(=O)O)N(C)C(C)C(=O)N1CCOCC1. The summed E-state index contributed by atoms with van der Waals surface area (Å²) in [6.45, 7) is 5.58. The average Bonchev–Trinajstić information content (AvgIpc) is 2.36. The fourth-order valence-electron chi connectivity index (χ4n) is 1.73.